The zero-order valence-electron chi connectivity index (χ0n) is 18.3. The van der Waals surface area contributed by atoms with Gasteiger partial charge in [0.05, 0.1) is 5.69 Å². The summed E-state index contributed by atoms with van der Waals surface area (Å²) in [6, 6.07) is 6.69. The van der Waals surface area contributed by atoms with Crippen LogP contribution in [0.2, 0.25) is 0 Å². The SMILES string of the molecule is CCCCCCCCCCCCN1CCCCC/C1=N/c1cccc(F)c1C#N. The zero-order chi connectivity index (χ0) is 20.7. The lowest BCUT2D eigenvalue weighted by Gasteiger charge is -2.24. The quantitative estimate of drug-likeness (QED) is 0.341. The summed E-state index contributed by atoms with van der Waals surface area (Å²) in [4.78, 5) is 7.11. The molecule has 1 aromatic rings. The van der Waals surface area contributed by atoms with Gasteiger partial charge in [0, 0.05) is 19.5 Å². The van der Waals surface area contributed by atoms with Crippen LogP contribution in [0.5, 0.6) is 0 Å². The van der Waals surface area contributed by atoms with Gasteiger partial charge in [0.25, 0.3) is 0 Å². The first-order chi connectivity index (χ1) is 14.3. The Balaban J connectivity index is 1.80. The van der Waals surface area contributed by atoms with E-state index in [0.717, 1.165) is 31.8 Å². The van der Waals surface area contributed by atoms with Crippen molar-refractivity contribution >= 4 is 11.5 Å². The van der Waals surface area contributed by atoms with Crippen LogP contribution in [0, 0.1) is 17.1 Å². The number of amidine groups is 1. The number of rotatable bonds is 12. The van der Waals surface area contributed by atoms with E-state index in [0.29, 0.717) is 5.69 Å². The van der Waals surface area contributed by atoms with Crippen molar-refractivity contribution in [1.29, 1.82) is 5.26 Å². The van der Waals surface area contributed by atoms with Crippen molar-refractivity contribution in [2.24, 2.45) is 4.99 Å². The molecule has 160 valence electrons. The molecular weight excluding hydrogens is 361 g/mol. The van der Waals surface area contributed by atoms with Gasteiger partial charge in [0.2, 0.25) is 0 Å². The molecule has 0 aliphatic carbocycles. The summed E-state index contributed by atoms with van der Waals surface area (Å²) >= 11 is 0. The number of hydrogen-bond donors (Lipinski definition) is 0. The lowest BCUT2D eigenvalue weighted by Crippen LogP contribution is -2.31. The highest BCUT2D eigenvalue weighted by atomic mass is 19.1. The molecule has 1 aliphatic heterocycles. The molecule has 0 aromatic heterocycles. The number of aliphatic imine (C=N–C) groups is 1. The minimum absolute atomic E-state index is 0.0585. The number of benzene rings is 1. The molecule has 0 N–H and O–H groups in total. The molecule has 3 nitrogen and oxygen atoms in total. The maximum Gasteiger partial charge on any atom is 0.143 e. The van der Waals surface area contributed by atoms with E-state index in [1.165, 1.54) is 83.1 Å². The Morgan fingerprint density at radius 2 is 1.66 bits per heavy atom. The van der Waals surface area contributed by atoms with E-state index in [1.807, 2.05) is 6.07 Å². The summed E-state index contributed by atoms with van der Waals surface area (Å²) in [5, 5.41) is 9.28. The van der Waals surface area contributed by atoms with Crippen molar-refractivity contribution in [2.75, 3.05) is 13.1 Å². The summed E-state index contributed by atoms with van der Waals surface area (Å²) in [6.07, 6.45) is 17.8. The van der Waals surface area contributed by atoms with Crippen molar-refractivity contribution in [2.45, 2.75) is 96.8 Å². The van der Waals surface area contributed by atoms with Crippen molar-refractivity contribution < 1.29 is 4.39 Å². The second kappa shape index (κ2) is 14.1. The van der Waals surface area contributed by atoms with Gasteiger partial charge in [-0.25, -0.2) is 9.38 Å². The van der Waals surface area contributed by atoms with Gasteiger partial charge in [-0.1, -0.05) is 77.2 Å². The Bertz CT molecular complexity index is 663. The van der Waals surface area contributed by atoms with Crippen LogP contribution in [-0.2, 0) is 0 Å². The lowest BCUT2D eigenvalue weighted by atomic mass is 10.1. The molecule has 0 amide bonds. The second-order valence-electron chi connectivity index (χ2n) is 8.25. The molecule has 1 fully saturated rings. The van der Waals surface area contributed by atoms with E-state index in [4.69, 9.17) is 4.99 Å². The van der Waals surface area contributed by atoms with E-state index in [2.05, 4.69) is 11.8 Å². The Labute approximate surface area is 177 Å². The summed E-state index contributed by atoms with van der Waals surface area (Å²) in [6.45, 7) is 4.31. The third kappa shape index (κ3) is 8.56. The van der Waals surface area contributed by atoms with Gasteiger partial charge < -0.3 is 4.90 Å². The number of unbranched alkanes of at least 4 members (excludes halogenated alkanes) is 9. The predicted molar refractivity (Wildman–Crippen MR) is 120 cm³/mol. The number of likely N-dealkylation sites (tertiary alicyclic amines) is 1. The molecule has 0 atom stereocenters. The van der Waals surface area contributed by atoms with Crippen LogP contribution in [0.1, 0.15) is 102 Å². The maximum absolute atomic E-state index is 13.9. The van der Waals surface area contributed by atoms with E-state index in [-0.39, 0.29) is 5.56 Å². The monoisotopic (exact) mass is 399 g/mol. The van der Waals surface area contributed by atoms with Crippen LogP contribution in [0.3, 0.4) is 0 Å². The normalized spacial score (nSPS) is 16.0. The Morgan fingerprint density at radius 3 is 2.34 bits per heavy atom. The minimum atomic E-state index is -0.482. The Morgan fingerprint density at radius 1 is 0.966 bits per heavy atom. The molecule has 0 unspecified atom stereocenters. The van der Waals surface area contributed by atoms with Crippen LogP contribution in [-0.4, -0.2) is 23.8 Å². The highest BCUT2D eigenvalue weighted by Gasteiger charge is 2.16. The van der Waals surface area contributed by atoms with Gasteiger partial charge in [0.15, 0.2) is 0 Å². The molecule has 1 aromatic carbocycles. The van der Waals surface area contributed by atoms with Gasteiger partial charge in [-0.3, -0.25) is 0 Å². The Kier molecular flexibility index (Phi) is 11.4. The third-order valence-corrected chi connectivity index (χ3v) is 5.83. The van der Waals surface area contributed by atoms with Gasteiger partial charge in [0.1, 0.15) is 23.3 Å². The molecule has 29 heavy (non-hydrogen) atoms. The van der Waals surface area contributed by atoms with Crippen molar-refractivity contribution in [3.63, 3.8) is 0 Å². The number of nitriles is 1. The molecule has 1 saturated heterocycles. The summed E-state index contributed by atoms with van der Waals surface area (Å²) in [7, 11) is 0. The fraction of sp³-hybridized carbons (Fsp3) is 0.680. The van der Waals surface area contributed by atoms with Gasteiger partial charge >= 0.3 is 0 Å². The fourth-order valence-electron chi connectivity index (χ4n) is 4.06. The molecule has 2 rings (SSSR count). The smallest absolute Gasteiger partial charge is 0.143 e. The number of halogens is 1. The molecule has 0 radical (unpaired) electrons. The van der Waals surface area contributed by atoms with Crippen LogP contribution >= 0.6 is 0 Å². The van der Waals surface area contributed by atoms with E-state index < -0.39 is 5.82 Å². The molecule has 4 heteroatoms. The van der Waals surface area contributed by atoms with Crippen molar-refractivity contribution in [3.05, 3.63) is 29.6 Å². The maximum atomic E-state index is 13.9. The van der Waals surface area contributed by atoms with Crippen molar-refractivity contribution in [3.8, 4) is 6.07 Å². The number of hydrogen-bond acceptors (Lipinski definition) is 2. The average Bonchev–Trinajstić information content (AvgIpc) is 2.95. The Hall–Kier alpha value is -1.89. The van der Waals surface area contributed by atoms with E-state index >= 15 is 0 Å². The molecule has 0 saturated carbocycles. The first-order valence-electron chi connectivity index (χ1n) is 11.8. The second-order valence-corrected chi connectivity index (χ2v) is 8.25. The van der Waals surface area contributed by atoms with Crippen LogP contribution in [0.15, 0.2) is 23.2 Å². The van der Waals surface area contributed by atoms with Crippen LogP contribution in [0.25, 0.3) is 0 Å². The van der Waals surface area contributed by atoms with Gasteiger partial charge in [-0.05, 0) is 31.4 Å². The highest BCUT2D eigenvalue weighted by Crippen LogP contribution is 2.24. The molecular formula is C25H38FN3. The van der Waals surface area contributed by atoms with Crippen LogP contribution < -0.4 is 0 Å². The summed E-state index contributed by atoms with van der Waals surface area (Å²) in [5.41, 5.74) is 0.528. The summed E-state index contributed by atoms with van der Waals surface area (Å²) < 4.78 is 13.9. The predicted octanol–water partition coefficient (Wildman–Crippen LogP) is 7.52. The first-order valence-corrected chi connectivity index (χ1v) is 11.8. The fourth-order valence-corrected chi connectivity index (χ4v) is 4.06. The average molecular weight is 400 g/mol. The van der Waals surface area contributed by atoms with E-state index in [9.17, 15) is 9.65 Å². The minimum Gasteiger partial charge on any atom is -0.360 e. The molecule has 1 heterocycles. The van der Waals surface area contributed by atoms with E-state index in [1.54, 1.807) is 12.1 Å². The summed E-state index contributed by atoms with van der Waals surface area (Å²) in [5.74, 6) is 0.546. The lowest BCUT2D eigenvalue weighted by molar-refractivity contribution is 0.395. The van der Waals surface area contributed by atoms with Crippen molar-refractivity contribution in [1.82, 2.24) is 4.90 Å². The molecule has 0 spiro atoms. The van der Waals surface area contributed by atoms with Gasteiger partial charge in [-0.2, -0.15) is 5.26 Å². The van der Waals surface area contributed by atoms with Gasteiger partial charge in [-0.15, -0.1) is 0 Å². The standard InChI is InChI=1S/C25H38FN3/c1-2-3-4-5-6-7-8-9-10-13-19-29-20-14-11-12-18-25(29)28-24-17-15-16-23(26)22(24)21-27/h15-17H,2-14,18-20H2,1H3/b28-25-. The molecule has 1 aliphatic rings. The molecule has 0 bridgehead atoms. The topological polar surface area (TPSA) is 39.4 Å². The van der Waals surface area contributed by atoms with Crippen LogP contribution in [0.4, 0.5) is 10.1 Å². The zero-order valence-corrected chi connectivity index (χ0v) is 18.3. The largest absolute Gasteiger partial charge is 0.360 e. The third-order valence-electron chi connectivity index (χ3n) is 5.83. The number of nitrogens with zero attached hydrogens (tertiary/aromatic N) is 3. The highest BCUT2D eigenvalue weighted by molar-refractivity contribution is 5.85. The first kappa shape index (κ1) is 23.4.